The van der Waals surface area contributed by atoms with Gasteiger partial charge in [0.2, 0.25) is 0 Å². The molecule has 0 aliphatic rings. The Morgan fingerprint density at radius 3 is 2.45 bits per heavy atom. The van der Waals surface area contributed by atoms with Gasteiger partial charge in [-0.25, -0.2) is 4.79 Å². The molecule has 10 heteroatoms. The van der Waals surface area contributed by atoms with Crippen molar-refractivity contribution in [1.82, 2.24) is 10.2 Å². The molecule has 0 unspecified atom stereocenters. The molecule has 6 nitrogen and oxygen atoms in total. The molecule has 0 aliphatic carbocycles. The zero-order chi connectivity index (χ0) is 24.1. The number of hydrogen-bond donors (Lipinski definition) is 2. The first-order valence-electron chi connectivity index (χ1n) is 10.6. The van der Waals surface area contributed by atoms with E-state index >= 15 is 0 Å². The third-order valence-electron chi connectivity index (χ3n) is 4.81. The molecule has 2 N–H and O–H groups in total. The van der Waals surface area contributed by atoms with Crippen LogP contribution in [0.15, 0.2) is 36.4 Å². The van der Waals surface area contributed by atoms with Gasteiger partial charge in [0, 0.05) is 42.5 Å². The summed E-state index contributed by atoms with van der Waals surface area (Å²) in [6.07, 6.45) is 1.57. The number of ether oxygens (including phenoxy) is 2. The van der Waals surface area contributed by atoms with E-state index in [9.17, 15) is 4.79 Å². The zero-order valence-corrected chi connectivity index (χ0v) is 21.5. The summed E-state index contributed by atoms with van der Waals surface area (Å²) in [7, 11) is 1.65. The lowest BCUT2D eigenvalue weighted by molar-refractivity contribution is 0.0571. The Balaban J connectivity index is 1.77. The maximum absolute atomic E-state index is 12.1. The Kier molecular flexibility index (Phi) is 13.2. The van der Waals surface area contributed by atoms with Crippen LogP contribution in [0.5, 0.6) is 0 Å². The molecule has 33 heavy (non-hydrogen) atoms. The lowest BCUT2D eigenvalue weighted by atomic mass is 10.1. The minimum Gasteiger partial charge on any atom is -0.382 e. The Morgan fingerprint density at radius 2 is 1.73 bits per heavy atom. The van der Waals surface area contributed by atoms with Gasteiger partial charge >= 0.3 is 6.03 Å². The molecule has 0 spiro atoms. The Hall–Kier alpha value is -1.25. The van der Waals surface area contributed by atoms with Crippen LogP contribution in [0.4, 0.5) is 10.5 Å². The third kappa shape index (κ3) is 11.1. The molecule has 2 rings (SSSR count). The number of halogens is 4. The molecule has 0 saturated carbocycles. The minimum absolute atomic E-state index is 0.296. The van der Waals surface area contributed by atoms with Crippen LogP contribution < -0.4 is 10.6 Å². The number of urea groups is 1. The average Bonchev–Trinajstić information content (AvgIpc) is 2.77. The summed E-state index contributed by atoms with van der Waals surface area (Å²) in [6.45, 7) is 4.63. The normalized spacial score (nSPS) is 11.1. The van der Waals surface area contributed by atoms with Crippen molar-refractivity contribution in [3.63, 3.8) is 0 Å². The van der Waals surface area contributed by atoms with Gasteiger partial charge in [-0.3, -0.25) is 0 Å². The number of carbonyl (C=O) groups excluding carboxylic acids is 1. The number of benzene rings is 2. The highest BCUT2D eigenvalue weighted by atomic mass is 35.5. The summed E-state index contributed by atoms with van der Waals surface area (Å²) >= 11 is 24.2. The summed E-state index contributed by atoms with van der Waals surface area (Å²) in [6, 6.07) is 10.2. The number of hydrogen-bond acceptors (Lipinski definition) is 4. The Labute approximate surface area is 215 Å². The first-order valence-corrected chi connectivity index (χ1v) is 12.1. The molecule has 0 radical (unpaired) electrons. The maximum atomic E-state index is 12.1. The summed E-state index contributed by atoms with van der Waals surface area (Å²) in [5, 5.41) is 7.72. The van der Waals surface area contributed by atoms with Gasteiger partial charge in [-0.15, -0.1) is 0 Å². The summed E-state index contributed by atoms with van der Waals surface area (Å²) in [5.74, 6) is 0. The van der Waals surface area contributed by atoms with Crippen molar-refractivity contribution in [3.8, 4) is 0 Å². The second kappa shape index (κ2) is 15.6. The van der Waals surface area contributed by atoms with Gasteiger partial charge in [0.1, 0.15) is 0 Å². The predicted octanol–water partition coefficient (Wildman–Crippen LogP) is 6.02. The van der Waals surface area contributed by atoms with Crippen molar-refractivity contribution in [2.75, 3.05) is 58.4 Å². The highest BCUT2D eigenvalue weighted by Crippen LogP contribution is 2.25. The summed E-state index contributed by atoms with van der Waals surface area (Å²) in [4.78, 5) is 14.4. The molecule has 2 amide bonds. The van der Waals surface area contributed by atoms with Crippen molar-refractivity contribution in [2.45, 2.75) is 12.8 Å². The van der Waals surface area contributed by atoms with E-state index in [0.29, 0.717) is 52.1 Å². The number of nitrogens with zero attached hydrogens (tertiary/aromatic N) is 1. The first-order chi connectivity index (χ1) is 15.9. The molecule has 0 aliphatic heterocycles. The number of anilines is 1. The fraction of sp³-hybridized carbons (Fsp3) is 0.435. The standard InChI is InChI=1S/C23H29Cl4N3O3/c1-32-13-14-33-12-11-30(10-7-17-3-4-18(24)15-21(17)26)9-2-8-28-23(31)29-19-5-6-20(25)22(27)16-19/h3-6,15-16H,2,7-14H2,1H3,(H2,28,29,31). The van der Waals surface area contributed by atoms with Gasteiger partial charge in [0.05, 0.1) is 29.9 Å². The second-order valence-electron chi connectivity index (χ2n) is 7.30. The number of rotatable bonds is 14. The van der Waals surface area contributed by atoms with E-state index in [4.69, 9.17) is 55.9 Å². The average molecular weight is 537 g/mol. The van der Waals surface area contributed by atoms with Crippen LogP contribution >= 0.6 is 46.4 Å². The molecule has 0 fully saturated rings. The minimum atomic E-state index is -0.296. The number of methoxy groups -OCH3 is 1. The maximum Gasteiger partial charge on any atom is 0.319 e. The van der Waals surface area contributed by atoms with E-state index in [0.717, 1.165) is 38.0 Å². The van der Waals surface area contributed by atoms with Crippen molar-refractivity contribution >= 4 is 58.1 Å². The van der Waals surface area contributed by atoms with Crippen LogP contribution in [0, 0.1) is 0 Å². The molecule has 2 aromatic rings. The van der Waals surface area contributed by atoms with Crippen LogP contribution in [0.25, 0.3) is 0 Å². The molecule has 0 aromatic heterocycles. The molecule has 0 heterocycles. The quantitative estimate of drug-likeness (QED) is 0.290. The lowest BCUT2D eigenvalue weighted by Gasteiger charge is -2.23. The van der Waals surface area contributed by atoms with Crippen molar-refractivity contribution in [2.24, 2.45) is 0 Å². The highest BCUT2D eigenvalue weighted by Gasteiger charge is 2.09. The van der Waals surface area contributed by atoms with Gasteiger partial charge in [0.25, 0.3) is 0 Å². The predicted molar refractivity (Wildman–Crippen MR) is 137 cm³/mol. The van der Waals surface area contributed by atoms with Gasteiger partial charge in [-0.2, -0.15) is 0 Å². The van der Waals surface area contributed by atoms with Crippen LogP contribution in [0.1, 0.15) is 12.0 Å². The topological polar surface area (TPSA) is 62.8 Å². The fourth-order valence-corrected chi connectivity index (χ4v) is 3.83. The van der Waals surface area contributed by atoms with Crippen LogP contribution in [0.3, 0.4) is 0 Å². The SMILES string of the molecule is COCCOCCN(CCCNC(=O)Nc1ccc(Cl)c(Cl)c1)CCc1ccc(Cl)cc1Cl. The zero-order valence-electron chi connectivity index (χ0n) is 18.5. The lowest BCUT2D eigenvalue weighted by Crippen LogP contribution is -2.35. The largest absolute Gasteiger partial charge is 0.382 e. The van der Waals surface area contributed by atoms with Crippen LogP contribution in [-0.4, -0.2) is 64.0 Å². The van der Waals surface area contributed by atoms with Crippen LogP contribution in [0.2, 0.25) is 20.1 Å². The first kappa shape index (κ1) is 28.0. The fourth-order valence-electron chi connectivity index (χ4n) is 3.03. The number of amides is 2. The summed E-state index contributed by atoms with van der Waals surface area (Å²) in [5.41, 5.74) is 1.63. The number of carbonyl (C=O) groups is 1. The van der Waals surface area contributed by atoms with E-state index in [1.807, 2.05) is 12.1 Å². The second-order valence-corrected chi connectivity index (χ2v) is 8.95. The van der Waals surface area contributed by atoms with Crippen molar-refractivity contribution < 1.29 is 14.3 Å². The Bertz CT molecular complexity index is 886. The molecular formula is C23H29Cl4N3O3. The van der Waals surface area contributed by atoms with E-state index in [-0.39, 0.29) is 6.03 Å². The van der Waals surface area contributed by atoms with E-state index in [2.05, 4.69) is 15.5 Å². The van der Waals surface area contributed by atoms with Crippen molar-refractivity contribution in [3.05, 3.63) is 62.1 Å². The highest BCUT2D eigenvalue weighted by molar-refractivity contribution is 6.42. The molecule has 0 saturated heterocycles. The van der Waals surface area contributed by atoms with Crippen LogP contribution in [-0.2, 0) is 15.9 Å². The summed E-state index contributed by atoms with van der Waals surface area (Å²) < 4.78 is 10.6. The Morgan fingerprint density at radius 1 is 0.909 bits per heavy atom. The van der Waals surface area contributed by atoms with Crippen molar-refractivity contribution in [1.29, 1.82) is 0 Å². The monoisotopic (exact) mass is 535 g/mol. The van der Waals surface area contributed by atoms with E-state index in [1.54, 1.807) is 31.4 Å². The van der Waals surface area contributed by atoms with Gasteiger partial charge in [-0.05, 0) is 55.3 Å². The smallest absolute Gasteiger partial charge is 0.319 e. The van der Waals surface area contributed by atoms with E-state index < -0.39 is 0 Å². The molecule has 0 atom stereocenters. The van der Waals surface area contributed by atoms with Gasteiger partial charge < -0.3 is 25.0 Å². The number of nitrogens with one attached hydrogen (secondary N) is 2. The molecular weight excluding hydrogens is 508 g/mol. The van der Waals surface area contributed by atoms with E-state index in [1.165, 1.54) is 0 Å². The van der Waals surface area contributed by atoms with Gasteiger partial charge in [0.15, 0.2) is 0 Å². The molecule has 0 bridgehead atoms. The van der Waals surface area contributed by atoms with Gasteiger partial charge in [-0.1, -0.05) is 52.5 Å². The third-order valence-corrected chi connectivity index (χ3v) is 6.14. The molecule has 182 valence electrons. The molecule has 2 aromatic carbocycles.